The average molecular weight is 352 g/mol. The number of hydrogen-bond donors (Lipinski definition) is 1. The van der Waals surface area contributed by atoms with Gasteiger partial charge in [0.25, 0.3) is 5.56 Å². The molecule has 3 aromatic heterocycles. The van der Waals surface area contributed by atoms with Gasteiger partial charge in [-0.25, -0.2) is 9.97 Å². The molecule has 7 heteroatoms. The van der Waals surface area contributed by atoms with Crippen LogP contribution in [-0.4, -0.2) is 28.7 Å². The number of hydrogen-bond acceptors (Lipinski definition) is 6. The summed E-state index contributed by atoms with van der Waals surface area (Å²) >= 11 is 1.37. The molecule has 0 saturated carbocycles. The van der Waals surface area contributed by atoms with Gasteiger partial charge in [0.15, 0.2) is 0 Å². The number of rotatable bonds is 3. The van der Waals surface area contributed by atoms with E-state index in [0.717, 1.165) is 32.9 Å². The minimum atomic E-state index is -0.0941. The van der Waals surface area contributed by atoms with Crippen LogP contribution in [0.5, 0.6) is 5.75 Å². The molecule has 3 heterocycles. The lowest BCUT2D eigenvalue weighted by Gasteiger charge is -2.10. The Labute approximate surface area is 147 Å². The van der Waals surface area contributed by atoms with Gasteiger partial charge in [-0.3, -0.25) is 9.36 Å². The Balaban J connectivity index is 2.01. The number of nitrogens with zero attached hydrogens (tertiary/aromatic N) is 3. The Hall–Kier alpha value is -2.93. The van der Waals surface area contributed by atoms with Gasteiger partial charge in [-0.2, -0.15) is 0 Å². The zero-order chi connectivity index (χ0) is 17.6. The number of thiophene rings is 1. The van der Waals surface area contributed by atoms with Crippen LogP contribution in [0.4, 0.5) is 5.69 Å². The molecule has 0 saturated heterocycles. The lowest BCUT2D eigenvalue weighted by atomic mass is 10.2. The van der Waals surface area contributed by atoms with Gasteiger partial charge in [0.2, 0.25) is 0 Å². The highest BCUT2D eigenvalue weighted by molar-refractivity contribution is 7.25. The normalized spacial score (nSPS) is 11.2. The Kier molecular flexibility index (Phi) is 3.65. The number of ether oxygens (including phenoxy) is 1. The number of fused-ring (bicyclic) bond motifs is 3. The number of benzene rings is 1. The highest BCUT2D eigenvalue weighted by Crippen LogP contribution is 2.34. The van der Waals surface area contributed by atoms with Gasteiger partial charge in [0.1, 0.15) is 21.6 Å². The van der Waals surface area contributed by atoms with E-state index in [1.807, 2.05) is 38.2 Å². The van der Waals surface area contributed by atoms with Crippen molar-refractivity contribution >= 4 is 37.5 Å². The number of aryl methyl sites for hydroxylation is 1. The third-order valence-corrected chi connectivity index (χ3v) is 5.29. The number of aromatic nitrogens is 3. The van der Waals surface area contributed by atoms with Crippen molar-refractivity contribution in [2.24, 2.45) is 0 Å². The summed E-state index contributed by atoms with van der Waals surface area (Å²) < 4.78 is 7.41. The summed E-state index contributed by atoms with van der Waals surface area (Å²) in [5.41, 5.74) is 3.24. The zero-order valence-electron chi connectivity index (χ0n) is 14.0. The van der Waals surface area contributed by atoms with Crippen molar-refractivity contribution in [2.45, 2.75) is 6.92 Å². The average Bonchev–Trinajstić information content (AvgIpc) is 3.02. The molecule has 0 spiro atoms. The molecule has 1 N–H and O–H groups in total. The van der Waals surface area contributed by atoms with Crippen molar-refractivity contribution in [2.75, 3.05) is 19.5 Å². The fourth-order valence-corrected chi connectivity index (χ4v) is 4.01. The number of nitrogens with one attached hydrogen (secondary N) is 1. The third-order valence-electron chi connectivity index (χ3n) is 4.21. The fourth-order valence-electron chi connectivity index (χ4n) is 2.96. The van der Waals surface area contributed by atoms with Crippen LogP contribution in [0.3, 0.4) is 0 Å². The minimum absolute atomic E-state index is 0.0941. The maximum Gasteiger partial charge on any atom is 0.275 e. The quantitative estimate of drug-likeness (QED) is 0.612. The molecule has 0 aliphatic heterocycles. The van der Waals surface area contributed by atoms with Crippen LogP contribution in [0, 0.1) is 6.92 Å². The second-order valence-electron chi connectivity index (χ2n) is 5.64. The molecule has 0 unspecified atom stereocenters. The molecular weight excluding hydrogens is 336 g/mol. The summed E-state index contributed by atoms with van der Waals surface area (Å²) in [4.78, 5) is 22.8. The van der Waals surface area contributed by atoms with Gasteiger partial charge in [-0.15, -0.1) is 11.3 Å². The Morgan fingerprint density at radius 3 is 2.80 bits per heavy atom. The molecule has 0 atom stereocenters. The Bertz CT molecular complexity index is 1160. The van der Waals surface area contributed by atoms with Crippen LogP contribution in [0.2, 0.25) is 0 Å². The molecule has 0 aliphatic carbocycles. The van der Waals surface area contributed by atoms with Crippen LogP contribution in [0.1, 0.15) is 5.56 Å². The van der Waals surface area contributed by atoms with Crippen molar-refractivity contribution in [1.29, 1.82) is 0 Å². The highest BCUT2D eigenvalue weighted by Gasteiger charge is 2.16. The predicted octanol–water partition coefficient (Wildman–Crippen LogP) is 3.35. The number of methoxy groups -OCH3 is 1. The lowest BCUT2D eigenvalue weighted by Crippen LogP contribution is -2.18. The zero-order valence-corrected chi connectivity index (χ0v) is 14.8. The van der Waals surface area contributed by atoms with Gasteiger partial charge >= 0.3 is 0 Å². The summed E-state index contributed by atoms with van der Waals surface area (Å²) in [6.45, 7) is 1.94. The van der Waals surface area contributed by atoms with Gasteiger partial charge in [0, 0.05) is 18.9 Å². The molecule has 6 nitrogen and oxygen atoms in total. The molecule has 126 valence electrons. The smallest absolute Gasteiger partial charge is 0.275 e. The van der Waals surface area contributed by atoms with E-state index in [2.05, 4.69) is 15.3 Å². The standard InChI is InChI=1S/C18H16N4O2S/c1-10-8-11(24-3)4-5-13(10)22-9-21-15-14-12(19-2)6-7-20-17(14)25-16(15)18(22)23/h4-9H,1-3H3,(H,19,20). The third kappa shape index (κ3) is 2.35. The topological polar surface area (TPSA) is 69.0 Å². The summed E-state index contributed by atoms with van der Waals surface area (Å²) in [5.74, 6) is 0.757. The molecule has 4 rings (SSSR count). The van der Waals surface area contributed by atoms with Crippen LogP contribution in [0.15, 0.2) is 41.6 Å². The van der Waals surface area contributed by atoms with E-state index >= 15 is 0 Å². The molecule has 0 fully saturated rings. The van der Waals surface area contributed by atoms with E-state index < -0.39 is 0 Å². The fraction of sp³-hybridized carbons (Fsp3) is 0.167. The summed E-state index contributed by atoms with van der Waals surface area (Å²) in [6.07, 6.45) is 3.31. The largest absolute Gasteiger partial charge is 0.497 e. The maximum atomic E-state index is 13.1. The minimum Gasteiger partial charge on any atom is -0.497 e. The van der Waals surface area contributed by atoms with E-state index in [1.165, 1.54) is 11.3 Å². The second-order valence-corrected chi connectivity index (χ2v) is 6.64. The van der Waals surface area contributed by atoms with Crippen molar-refractivity contribution in [1.82, 2.24) is 14.5 Å². The molecule has 0 bridgehead atoms. The van der Waals surface area contributed by atoms with Gasteiger partial charge in [0.05, 0.1) is 23.7 Å². The van der Waals surface area contributed by atoms with Crippen molar-refractivity contribution in [3.63, 3.8) is 0 Å². The predicted molar refractivity (Wildman–Crippen MR) is 101 cm³/mol. The second kappa shape index (κ2) is 5.86. The summed E-state index contributed by atoms with van der Waals surface area (Å²) in [6, 6.07) is 7.49. The molecule has 0 aliphatic rings. The molecule has 1 aromatic carbocycles. The van der Waals surface area contributed by atoms with E-state index in [-0.39, 0.29) is 5.56 Å². The van der Waals surface area contributed by atoms with Crippen molar-refractivity contribution < 1.29 is 4.74 Å². The van der Waals surface area contributed by atoms with E-state index in [0.29, 0.717) is 10.2 Å². The first kappa shape index (κ1) is 15.6. The monoisotopic (exact) mass is 352 g/mol. The molecular formula is C18H16N4O2S. The van der Waals surface area contributed by atoms with Gasteiger partial charge in [-0.1, -0.05) is 0 Å². The van der Waals surface area contributed by atoms with Crippen molar-refractivity contribution in [3.05, 3.63) is 52.7 Å². The highest BCUT2D eigenvalue weighted by atomic mass is 32.1. The maximum absolute atomic E-state index is 13.1. The lowest BCUT2D eigenvalue weighted by molar-refractivity contribution is 0.414. The van der Waals surface area contributed by atoms with E-state index in [4.69, 9.17) is 4.74 Å². The first-order valence-corrected chi connectivity index (χ1v) is 8.57. The molecule has 25 heavy (non-hydrogen) atoms. The SMILES string of the molecule is CNc1ccnc2sc3c(=O)n(-c4ccc(OC)cc4C)cnc3c12. The van der Waals surface area contributed by atoms with Crippen LogP contribution < -0.4 is 15.6 Å². The first-order valence-electron chi connectivity index (χ1n) is 7.75. The van der Waals surface area contributed by atoms with Gasteiger partial charge in [-0.05, 0) is 36.8 Å². The molecule has 4 aromatic rings. The van der Waals surface area contributed by atoms with Gasteiger partial charge < -0.3 is 10.1 Å². The molecule has 0 amide bonds. The number of pyridine rings is 1. The Morgan fingerprint density at radius 1 is 1.24 bits per heavy atom. The van der Waals surface area contributed by atoms with E-state index in [9.17, 15) is 4.79 Å². The van der Waals surface area contributed by atoms with Crippen molar-refractivity contribution in [3.8, 4) is 11.4 Å². The number of anilines is 1. The first-order chi connectivity index (χ1) is 12.1. The van der Waals surface area contributed by atoms with Crippen LogP contribution in [-0.2, 0) is 0 Å². The van der Waals surface area contributed by atoms with E-state index in [1.54, 1.807) is 24.2 Å². The summed E-state index contributed by atoms with van der Waals surface area (Å²) in [5, 5.41) is 4.03. The Morgan fingerprint density at radius 2 is 2.08 bits per heavy atom. The van der Waals surface area contributed by atoms with Crippen LogP contribution in [0.25, 0.3) is 26.1 Å². The summed E-state index contributed by atoms with van der Waals surface area (Å²) in [7, 11) is 3.47. The molecule has 0 radical (unpaired) electrons. The van der Waals surface area contributed by atoms with Crippen LogP contribution >= 0.6 is 11.3 Å².